The van der Waals surface area contributed by atoms with Gasteiger partial charge in [-0.2, -0.15) is 0 Å². The lowest BCUT2D eigenvalue weighted by atomic mass is 10.0. The van der Waals surface area contributed by atoms with Crippen LogP contribution in [0.1, 0.15) is 26.3 Å². The quantitative estimate of drug-likeness (QED) is 0.886. The molecule has 0 radical (unpaired) electrons. The number of hydrogen-bond donors (Lipinski definition) is 1. The zero-order chi connectivity index (χ0) is 13.2. The molecule has 1 heterocycles. The lowest BCUT2D eigenvalue weighted by Gasteiger charge is -2.18. The van der Waals surface area contributed by atoms with Gasteiger partial charge in [0.05, 0.1) is 0 Å². The van der Waals surface area contributed by atoms with E-state index < -0.39 is 0 Å². The summed E-state index contributed by atoms with van der Waals surface area (Å²) < 4.78 is 11.4. The Bertz CT molecular complexity index is 454. The van der Waals surface area contributed by atoms with Gasteiger partial charge in [-0.1, -0.05) is 12.1 Å². The summed E-state index contributed by atoms with van der Waals surface area (Å²) in [5.74, 6) is 1.29. The van der Waals surface area contributed by atoms with Gasteiger partial charge in [0.1, 0.15) is 5.60 Å². The normalized spacial score (nSPS) is 15.7. The Hall–Kier alpha value is -1.71. The van der Waals surface area contributed by atoms with E-state index in [-0.39, 0.29) is 18.1 Å². The molecule has 0 unspecified atom stereocenters. The number of amides is 1. The summed E-state index contributed by atoms with van der Waals surface area (Å²) in [5, 5.41) is 2.69. The molecule has 0 saturated heterocycles. The third-order valence-corrected chi connectivity index (χ3v) is 2.79. The van der Waals surface area contributed by atoms with Crippen molar-refractivity contribution >= 4 is 5.91 Å². The second kappa shape index (κ2) is 4.88. The molecule has 0 saturated carbocycles. The molecule has 0 spiro atoms. The fraction of sp³-hybridized carbons (Fsp3) is 0.500. The van der Waals surface area contributed by atoms with Crippen molar-refractivity contribution < 1.29 is 14.3 Å². The zero-order valence-corrected chi connectivity index (χ0v) is 11.1. The number of ether oxygens (including phenoxy) is 2. The Morgan fingerprint density at radius 1 is 1.50 bits per heavy atom. The van der Waals surface area contributed by atoms with Crippen LogP contribution in [-0.4, -0.2) is 24.7 Å². The third-order valence-electron chi connectivity index (χ3n) is 2.79. The second-order valence-electron chi connectivity index (χ2n) is 5.03. The van der Waals surface area contributed by atoms with Crippen molar-refractivity contribution in [2.24, 2.45) is 0 Å². The van der Waals surface area contributed by atoms with Crippen LogP contribution in [0.4, 0.5) is 0 Å². The van der Waals surface area contributed by atoms with Gasteiger partial charge in [0.2, 0.25) is 0 Å². The van der Waals surface area contributed by atoms with Gasteiger partial charge in [0.25, 0.3) is 5.91 Å². The van der Waals surface area contributed by atoms with Crippen molar-refractivity contribution in [1.29, 1.82) is 0 Å². The third kappa shape index (κ3) is 2.75. The largest absolute Gasteiger partial charge is 0.483 e. The van der Waals surface area contributed by atoms with Crippen molar-refractivity contribution in [3.8, 4) is 11.5 Å². The summed E-state index contributed by atoms with van der Waals surface area (Å²) in [7, 11) is 0. The molecule has 0 fully saturated rings. The molecule has 0 bridgehead atoms. The average molecular weight is 249 g/mol. The van der Waals surface area contributed by atoms with Crippen LogP contribution in [0, 0.1) is 0 Å². The Labute approximate surface area is 107 Å². The van der Waals surface area contributed by atoms with Crippen LogP contribution in [0.3, 0.4) is 0 Å². The number of rotatable bonds is 4. The smallest absolute Gasteiger partial charge is 0.257 e. The summed E-state index contributed by atoms with van der Waals surface area (Å²) in [6, 6.07) is 5.79. The lowest BCUT2D eigenvalue weighted by Crippen LogP contribution is -2.28. The second-order valence-corrected chi connectivity index (χ2v) is 5.03. The SMILES string of the molecule is CCNC(=O)COc1cccc2c1OC(C)(C)C2. The highest BCUT2D eigenvalue weighted by molar-refractivity contribution is 5.77. The number of carbonyl (C=O) groups excluding carboxylic acids is 1. The first-order chi connectivity index (χ1) is 8.52. The average Bonchev–Trinajstić information content (AvgIpc) is 2.61. The number of para-hydroxylation sites is 1. The van der Waals surface area contributed by atoms with Crippen molar-refractivity contribution in [2.45, 2.75) is 32.8 Å². The standard InChI is InChI=1S/C14H19NO3/c1-4-15-12(16)9-17-11-7-5-6-10-8-14(2,3)18-13(10)11/h5-7H,4,8-9H2,1-3H3,(H,15,16). The predicted molar refractivity (Wildman–Crippen MR) is 69.0 cm³/mol. The van der Waals surface area contributed by atoms with Gasteiger partial charge in [-0.3, -0.25) is 4.79 Å². The summed E-state index contributed by atoms with van der Waals surface area (Å²) in [6.07, 6.45) is 0.862. The van der Waals surface area contributed by atoms with Crippen molar-refractivity contribution in [2.75, 3.05) is 13.2 Å². The van der Waals surface area contributed by atoms with Crippen LogP contribution >= 0.6 is 0 Å². The topological polar surface area (TPSA) is 47.6 Å². The molecule has 1 aliphatic heterocycles. The monoisotopic (exact) mass is 249 g/mol. The number of hydrogen-bond acceptors (Lipinski definition) is 3. The van der Waals surface area contributed by atoms with E-state index in [0.29, 0.717) is 12.3 Å². The summed E-state index contributed by atoms with van der Waals surface area (Å²) in [6.45, 7) is 6.59. The molecule has 1 amide bonds. The highest BCUT2D eigenvalue weighted by atomic mass is 16.5. The molecule has 4 nitrogen and oxygen atoms in total. The minimum absolute atomic E-state index is 0.0219. The van der Waals surface area contributed by atoms with Gasteiger partial charge in [-0.05, 0) is 26.8 Å². The maximum Gasteiger partial charge on any atom is 0.257 e. The van der Waals surface area contributed by atoms with Crippen LogP contribution in [0.25, 0.3) is 0 Å². The molecule has 98 valence electrons. The van der Waals surface area contributed by atoms with E-state index in [0.717, 1.165) is 17.7 Å². The molecule has 18 heavy (non-hydrogen) atoms. The van der Waals surface area contributed by atoms with Gasteiger partial charge < -0.3 is 14.8 Å². The van der Waals surface area contributed by atoms with Crippen LogP contribution < -0.4 is 14.8 Å². The van der Waals surface area contributed by atoms with E-state index in [9.17, 15) is 4.79 Å². The van der Waals surface area contributed by atoms with E-state index in [1.54, 1.807) is 0 Å². The fourth-order valence-corrected chi connectivity index (χ4v) is 2.09. The molecular formula is C14H19NO3. The highest BCUT2D eigenvalue weighted by Crippen LogP contribution is 2.41. The van der Waals surface area contributed by atoms with Gasteiger partial charge >= 0.3 is 0 Å². The molecule has 1 aromatic carbocycles. The van der Waals surface area contributed by atoms with Gasteiger partial charge in [0, 0.05) is 18.5 Å². The number of benzene rings is 1. The van der Waals surface area contributed by atoms with E-state index in [1.165, 1.54) is 0 Å². The van der Waals surface area contributed by atoms with Crippen LogP contribution in [0.5, 0.6) is 11.5 Å². The maximum atomic E-state index is 11.4. The summed E-state index contributed by atoms with van der Waals surface area (Å²) in [5.41, 5.74) is 0.932. The van der Waals surface area contributed by atoms with Crippen molar-refractivity contribution in [3.05, 3.63) is 23.8 Å². The fourth-order valence-electron chi connectivity index (χ4n) is 2.09. The van der Waals surface area contributed by atoms with Crippen LogP contribution in [0.2, 0.25) is 0 Å². The van der Waals surface area contributed by atoms with Crippen molar-refractivity contribution in [3.63, 3.8) is 0 Å². The Morgan fingerprint density at radius 2 is 2.28 bits per heavy atom. The van der Waals surface area contributed by atoms with Gasteiger partial charge in [-0.25, -0.2) is 0 Å². The van der Waals surface area contributed by atoms with Crippen LogP contribution in [0.15, 0.2) is 18.2 Å². The minimum Gasteiger partial charge on any atom is -0.483 e. The zero-order valence-electron chi connectivity index (χ0n) is 11.1. The first-order valence-corrected chi connectivity index (χ1v) is 6.22. The molecule has 1 N–H and O–H groups in total. The van der Waals surface area contributed by atoms with Gasteiger partial charge in [-0.15, -0.1) is 0 Å². The first kappa shape index (κ1) is 12.7. The molecule has 0 atom stereocenters. The molecule has 1 aliphatic rings. The van der Waals surface area contributed by atoms with Gasteiger partial charge in [0.15, 0.2) is 18.1 Å². The number of carbonyl (C=O) groups is 1. The van der Waals surface area contributed by atoms with E-state index in [2.05, 4.69) is 5.32 Å². The molecule has 2 rings (SSSR count). The lowest BCUT2D eigenvalue weighted by molar-refractivity contribution is -0.123. The number of nitrogens with one attached hydrogen (secondary N) is 1. The minimum atomic E-state index is -0.201. The first-order valence-electron chi connectivity index (χ1n) is 6.22. The van der Waals surface area contributed by atoms with Crippen LogP contribution in [-0.2, 0) is 11.2 Å². The van der Waals surface area contributed by atoms with E-state index in [4.69, 9.17) is 9.47 Å². The summed E-state index contributed by atoms with van der Waals surface area (Å²) >= 11 is 0. The highest BCUT2D eigenvalue weighted by Gasteiger charge is 2.32. The Balaban J connectivity index is 2.08. The molecule has 1 aromatic rings. The molecule has 4 heteroatoms. The van der Waals surface area contributed by atoms with E-state index >= 15 is 0 Å². The molecule has 0 aromatic heterocycles. The summed E-state index contributed by atoms with van der Waals surface area (Å²) in [4.78, 5) is 11.4. The predicted octanol–water partition coefficient (Wildman–Crippen LogP) is 1.92. The number of fused-ring (bicyclic) bond motifs is 1. The van der Waals surface area contributed by atoms with Crippen molar-refractivity contribution in [1.82, 2.24) is 5.32 Å². The molecule has 0 aliphatic carbocycles. The Kier molecular flexibility index (Phi) is 3.45. The number of likely N-dealkylation sites (N-methyl/N-ethyl adjacent to an activating group) is 1. The molecular weight excluding hydrogens is 230 g/mol. The Morgan fingerprint density at radius 3 is 3.00 bits per heavy atom. The maximum absolute atomic E-state index is 11.4. The van der Waals surface area contributed by atoms with E-state index in [1.807, 2.05) is 39.0 Å².